The van der Waals surface area contributed by atoms with Crippen LogP contribution in [0, 0.1) is 6.92 Å². The van der Waals surface area contributed by atoms with Crippen LogP contribution in [0.4, 0.5) is 5.69 Å². The molecule has 1 aromatic carbocycles. The lowest BCUT2D eigenvalue weighted by Crippen LogP contribution is -2.28. The minimum absolute atomic E-state index is 0.319. The molecule has 1 rings (SSSR count). The maximum absolute atomic E-state index is 11.9. The molecule has 1 aromatic rings. The minimum atomic E-state index is -3.91. The first-order valence-electron chi connectivity index (χ1n) is 6.09. The number of nitrogens with one attached hydrogen (secondary N) is 1. The fourth-order valence-corrected chi connectivity index (χ4v) is 4.50. The molecular weight excluding hydrogens is 300 g/mol. The van der Waals surface area contributed by atoms with Gasteiger partial charge in [0, 0.05) is 0 Å². The van der Waals surface area contributed by atoms with Crippen molar-refractivity contribution in [2.75, 3.05) is 16.9 Å². The van der Waals surface area contributed by atoms with Gasteiger partial charge in [-0.25, -0.2) is 16.8 Å². The molecule has 112 valence electrons. The summed E-state index contributed by atoms with van der Waals surface area (Å²) in [6.45, 7) is 4.56. The van der Waals surface area contributed by atoms with E-state index in [9.17, 15) is 16.8 Å². The predicted octanol–water partition coefficient (Wildman–Crippen LogP) is 1.55. The highest BCUT2D eigenvalue weighted by molar-refractivity contribution is 8.31. The Bertz CT molecular complexity index is 671. The van der Waals surface area contributed by atoms with E-state index in [0.717, 1.165) is 5.56 Å². The van der Waals surface area contributed by atoms with Crippen molar-refractivity contribution < 1.29 is 16.8 Å². The summed E-state index contributed by atoms with van der Waals surface area (Å²) in [5.41, 5.74) is 3.91. The molecule has 0 radical (unpaired) electrons. The van der Waals surface area contributed by atoms with Crippen molar-refractivity contribution in [2.45, 2.75) is 20.8 Å². The first kappa shape index (κ1) is 16.6. The van der Waals surface area contributed by atoms with Crippen LogP contribution in [0.2, 0.25) is 0 Å². The molecule has 0 fully saturated rings. The van der Waals surface area contributed by atoms with Crippen LogP contribution in [0.3, 0.4) is 0 Å². The van der Waals surface area contributed by atoms with Gasteiger partial charge in [0.2, 0.25) is 19.7 Å². The largest absolute Gasteiger partial charge is 0.276 e. The number of nitrogens with zero attached hydrogens (tertiary/aromatic N) is 1. The summed E-state index contributed by atoms with van der Waals surface area (Å²) in [5.74, 6) is -0.638. The zero-order valence-corrected chi connectivity index (χ0v) is 13.3. The average Bonchev–Trinajstić information content (AvgIpc) is 2.40. The summed E-state index contributed by atoms with van der Waals surface area (Å²) in [5, 5.41) is 3.63. The summed E-state index contributed by atoms with van der Waals surface area (Å²) < 4.78 is 46.6. The third-order valence-corrected chi connectivity index (χ3v) is 7.00. The lowest BCUT2D eigenvalue weighted by Gasteiger charge is -2.08. The molecule has 0 spiro atoms. The fourth-order valence-electron chi connectivity index (χ4n) is 1.38. The van der Waals surface area contributed by atoms with Crippen LogP contribution in [0.1, 0.15) is 19.4 Å². The fraction of sp³-hybridized carbons (Fsp3) is 0.417. The second-order valence-electron chi connectivity index (χ2n) is 4.11. The number of benzene rings is 1. The van der Waals surface area contributed by atoms with Crippen molar-refractivity contribution in [2.24, 2.45) is 5.10 Å². The van der Waals surface area contributed by atoms with Crippen molar-refractivity contribution in [3.8, 4) is 0 Å². The molecule has 0 saturated carbocycles. The van der Waals surface area contributed by atoms with Crippen molar-refractivity contribution in [1.29, 1.82) is 0 Å². The second kappa shape index (κ2) is 6.36. The molecule has 20 heavy (non-hydrogen) atoms. The smallest absolute Gasteiger partial charge is 0.266 e. The van der Waals surface area contributed by atoms with Crippen molar-refractivity contribution in [1.82, 2.24) is 0 Å². The van der Waals surface area contributed by atoms with E-state index in [1.54, 1.807) is 25.1 Å². The number of aryl methyl sites for hydroxylation is 1. The molecule has 0 unspecified atom stereocenters. The van der Waals surface area contributed by atoms with Gasteiger partial charge in [0.05, 0.1) is 17.2 Å². The zero-order valence-electron chi connectivity index (χ0n) is 11.6. The van der Waals surface area contributed by atoms with Crippen LogP contribution >= 0.6 is 0 Å². The van der Waals surface area contributed by atoms with Crippen LogP contribution in [0.15, 0.2) is 29.4 Å². The number of hydrazone groups is 1. The van der Waals surface area contributed by atoms with E-state index in [1.165, 1.54) is 13.8 Å². The summed E-state index contributed by atoms with van der Waals surface area (Å²) in [7, 11) is -7.83. The van der Waals surface area contributed by atoms with E-state index in [-0.39, 0.29) is 11.5 Å². The van der Waals surface area contributed by atoms with Crippen LogP contribution in [0.25, 0.3) is 0 Å². The molecule has 8 heteroatoms. The van der Waals surface area contributed by atoms with Crippen LogP contribution < -0.4 is 5.43 Å². The van der Waals surface area contributed by atoms with E-state index in [2.05, 4.69) is 10.5 Å². The van der Waals surface area contributed by atoms with E-state index < -0.39 is 24.1 Å². The number of hydrogen-bond donors (Lipinski definition) is 1. The van der Waals surface area contributed by atoms with Gasteiger partial charge < -0.3 is 0 Å². The number of sulfone groups is 2. The lowest BCUT2D eigenvalue weighted by atomic mass is 10.2. The molecule has 0 aliphatic rings. The molecule has 0 bridgehead atoms. The highest BCUT2D eigenvalue weighted by atomic mass is 32.3. The van der Waals surface area contributed by atoms with Gasteiger partial charge in [-0.1, -0.05) is 32.0 Å². The lowest BCUT2D eigenvalue weighted by molar-refractivity contribution is 0.603. The summed E-state index contributed by atoms with van der Waals surface area (Å²) >= 11 is 0. The molecule has 6 nitrogen and oxygen atoms in total. The van der Waals surface area contributed by atoms with Crippen molar-refractivity contribution in [3.63, 3.8) is 0 Å². The van der Waals surface area contributed by atoms with Crippen molar-refractivity contribution in [3.05, 3.63) is 29.8 Å². The molecule has 0 saturated heterocycles. The van der Waals surface area contributed by atoms with Gasteiger partial charge in [-0.3, -0.25) is 5.43 Å². The van der Waals surface area contributed by atoms with Gasteiger partial charge in [-0.2, -0.15) is 5.10 Å². The Hall–Kier alpha value is -1.41. The third-order valence-electron chi connectivity index (χ3n) is 2.70. The summed E-state index contributed by atoms with van der Waals surface area (Å²) in [6.07, 6.45) is 0. The zero-order chi connectivity index (χ0) is 15.4. The van der Waals surface area contributed by atoms with Crippen LogP contribution in [-0.4, -0.2) is 32.7 Å². The number of anilines is 1. The van der Waals surface area contributed by atoms with Gasteiger partial charge in [-0.15, -0.1) is 0 Å². The van der Waals surface area contributed by atoms with Gasteiger partial charge >= 0.3 is 0 Å². The van der Waals surface area contributed by atoms with E-state index in [4.69, 9.17) is 0 Å². The molecule has 0 aliphatic heterocycles. The quantitative estimate of drug-likeness (QED) is 0.516. The Kier molecular flexibility index (Phi) is 5.29. The van der Waals surface area contributed by atoms with E-state index in [0.29, 0.717) is 5.69 Å². The maximum atomic E-state index is 11.9. The van der Waals surface area contributed by atoms with E-state index >= 15 is 0 Å². The molecule has 0 aromatic heterocycles. The first-order chi connectivity index (χ1) is 9.24. The van der Waals surface area contributed by atoms with Gasteiger partial charge in [0.1, 0.15) is 0 Å². The maximum Gasteiger partial charge on any atom is 0.266 e. The standard InChI is InChI=1S/C12H18N2O4S2/c1-4-19(15,16)12(20(17,18)5-2)14-13-11-9-7-6-8-10(11)3/h6-9,13H,4-5H2,1-3H3. The highest BCUT2D eigenvalue weighted by Gasteiger charge is 2.30. The monoisotopic (exact) mass is 318 g/mol. The number of rotatable bonds is 4. The van der Waals surface area contributed by atoms with Gasteiger partial charge in [0.25, 0.3) is 4.38 Å². The highest BCUT2D eigenvalue weighted by Crippen LogP contribution is 2.14. The van der Waals surface area contributed by atoms with Gasteiger partial charge in [-0.05, 0) is 18.6 Å². The predicted molar refractivity (Wildman–Crippen MR) is 81.2 cm³/mol. The van der Waals surface area contributed by atoms with Crippen molar-refractivity contribution >= 4 is 29.7 Å². The number of hydrogen-bond acceptors (Lipinski definition) is 6. The summed E-state index contributed by atoms with van der Waals surface area (Å²) in [4.78, 5) is 0. The Balaban J connectivity index is 3.27. The molecule has 0 amide bonds. The Morgan fingerprint density at radius 1 is 1.05 bits per heavy atom. The molecule has 0 aliphatic carbocycles. The minimum Gasteiger partial charge on any atom is -0.276 e. The average molecular weight is 318 g/mol. The Morgan fingerprint density at radius 2 is 1.55 bits per heavy atom. The first-order valence-corrected chi connectivity index (χ1v) is 9.40. The SMILES string of the molecule is CCS(=O)(=O)C(=NNc1ccccc1C)S(=O)(=O)CC. The molecule has 0 heterocycles. The number of para-hydroxylation sites is 1. The third kappa shape index (κ3) is 3.80. The van der Waals surface area contributed by atoms with Crippen LogP contribution in [-0.2, 0) is 19.7 Å². The van der Waals surface area contributed by atoms with E-state index in [1.807, 2.05) is 6.07 Å². The Morgan fingerprint density at radius 3 is 2.00 bits per heavy atom. The molecule has 1 N–H and O–H groups in total. The van der Waals surface area contributed by atoms with Crippen LogP contribution in [0.5, 0.6) is 0 Å². The summed E-state index contributed by atoms with van der Waals surface area (Å²) in [6, 6.07) is 7.05. The normalized spacial score (nSPS) is 11.9. The second-order valence-corrected chi connectivity index (χ2v) is 8.76. The topological polar surface area (TPSA) is 92.7 Å². The molecule has 0 atom stereocenters. The molecular formula is C12H18N2O4S2. The van der Waals surface area contributed by atoms with Gasteiger partial charge in [0.15, 0.2) is 0 Å². The Labute approximate surface area is 119 Å².